The molecule has 0 fully saturated rings. The molecule has 1 aromatic carbocycles. The van der Waals surface area contributed by atoms with E-state index in [-0.39, 0.29) is 19.6 Å². The molecule has 0 spiro atoms. The van der Waals surface area contributed by atoms with E-state index in [0.29, 0.717) is 17.2 Å². The second-order valence-electron chi connectivity index (χ2n) is 4.42. The predicted octanol–water partition coefficient (Wildman–Crippen LogP) is 2.37. The van der Waals surface area contributed by atoms with E-state index in [9.17, 15) is 13.6 Å². The Morgan fingerprint density at radius 1 is 1.48 bits per heavy atom. The van der Waals surface area contributed by atoms with Crippen LogP contribution in [0.25, 0.3) is 0 Å². The van der Waals surface area contributed by atoms with Crippen LogP contribution in [0.2, 0.25) is 5.02 Å². The van der Waals surface area contributed by atoms with Crippen molar-refractivity contribution in [3.05, 3.63) is 28.8 Å². The lowest BCUT2D eigenvalue weighted by Gasteiger charge is -2.21. The van der Waals surface area contributed by atoms with Crippen LogP contribution < -0.4 is 4.74 Å². The van der Waals surface area contributed by atoms with Crippen molar-refractivity contribution in [2.24, 2.45) is 0 Å². The van der Waals surface area contributed by atoms with Crippen LogP contribution in [-0.4, -0.2) is 49.1 Å². The summed E-state index contributed by atoms with van der Waals surface area (Å²) in [7, 11) is 1.50. The SMILES string of the molecule is COc1ccc(CCC(=O)N(CCO)CC(F)F)cc1Cl. The lowest BCUT2D eigenvalue weighted by atomic mass is 10.1. The number of methoxy groups -OCH3 is 1. The number of hydrogen-bond acceptors (Lipinski definition) is 3. The highest BCUT2D eigenvalue weighted by Crippen LogP contribution is 2.25. The normalized spacial score (nSPS) is 10.8. The van der Waals surface area contributed by atoms with Gasteiger partial charge < -0.3 is 14.7 Å². The standard InChI is InChI=1S/C14H18ClF2NO3/c1-21-12-4-2-10(8-11(12)15)3-5-14(20)18(6-7-19)9-13(16)17/h2,4,8,13,19H,3,5-7,9H2,1H3. The quantitative estimate of drug-likeness (QED) is 0.799. The lowest BCUT2D eigenvalue weighted by Crippen LogP contribution is -2.37. The van der Waals surface area contributed by atoms with E-state index < -0.39 is 18.9 Å². The Labute approximate surface area is 127 Å². The molecule has 0 radical (unpaired) electrons. The van der Waals surface area contributed by atoms with Gasteiger partial charge in [-0.25, -0.2) is 8.78 Å². The molecule has 1 rings (SSSR count). The molecule has 4 nitrogen and oxygen atoms in total. The molecule has 0 saturated heterocycles. The van der Waals surface area contributed by atoms with Gasteiger partial charge in [0.1, 0.15) is 5.75 Å². The van der Waals surface area contributed by atoms with E-state index in [1.807, 2.05) is 0 Å². The summed E-state index contributed by atoms with van der Waals surface area (Å²) in [6.45, 7) is -1.10. The van der Waals surface area contributed by atoms with Crippen molar-refractivity contribution in [3.63, 3.8) is 0 Å². The van der Waals surface area contributed by atoms with Gasteiger partial charge in [-0.2, -0.15) is 0 Å². The van der Waals surface area contributed by atoms with E-state index in [4.69, 9.17) is 21.4 Å². The third-order valence-corrected chi connectivity index (χ3v) is 3.22. The van der Waals surface area contributed by atoms with Gasteiger partial charge in [-0.05, 0) is 24.1 Å². The van der Waals surface area contributed by atoms with Crippen LogP contribution >= 0.6 is 11.6 Å². The third-order valence-electron chi connectivity index (χ3n) is 2.92. The maximum Gasteiger partial charge on any atom is 0.255 e. The van der Waals surface area contributed by atoms with E-state index in [1.54, 1.807) is 18.2 Å². The second kappa shape index (κ2) is 8.79. The van der Waals surface area contributed by atoms with Gasteiger partial charge in [-0.15, -0.1) is 0 Å². The van der Waals surface area contributed by atoms with Crippen molar-refractivity contribution in [1.82, 2.24) is 4.90 Å². The average Bonchev–Trinajstić information content (AvgIpc) is 2.44. The molecule has 0 saturated carbocycles. The van der Waals surface area contributed by atoms with E-state index >= 15 is 0 Å². The van der Waals surface area contributed by atoms with Crippen molar-refractivity contribution < 1.29 is 23.4 Å². The van der Waals surface area contributed by atoms with Crippen molar-refractivity contribution >= 4 is 17.5 Å². The molecule has 0 aliphatic carbocycles. The number of amides is 1. The number of hydrogen-bond donors (Lipinski definition) is 1. The first-order valence-corrected chi connectivity index (χ1v) is 6.85. The molecular weight excluding hydrogens is 304 g/mol. The molecule has 21 heavy (non-hydrogen) atoms. The minimum absolute atomic E-state index is 0.0787. The first kappa shape index (κ1) is 17.7. The molecule has 0 bridgehead atoms. The van der Waals surface area contributed by atoms with Gasteiger partial charge in [0, 0.05) is 13.0 Å². The fraction of sp³-hybridized carbons (Fsp3) is 0.500. The van der Waals surface area contributed by atoms with Gasteiger partial charge in [0.25, 0.3) is 6.43 Å². The summed E-state index contributed by atoms with van der Waals surface area (Å²) in [4.78, 5) is 12.8. The van der Waals surface area contributed by atoms with E-state index in [0.717, 1.165) is 10.5 Å². The van der Waals surface area contributed by atoms with Crippen LogP contribution in [-0.2, 0) is 11.2 Å². The zero-order valence-corrected chi connectivity index (χ0v) is 12.4. The van der Waals surface area contributed by atoms with Crippen LogP contribution in [0.15, 0.2) is 18.2 Å². The van der Waals surface area contributed by atoms with Gasteiger partial charge in [0.05, 0.1) is 25.3 Å². The van der Waals surface area contributed by atoms with Crippen LogP contribution in [0.5, 0.6) is 5.75 Å². The highest BCUT2D eigenvalue weighted by molar-refractivity contribution is 6.32. The highest BCUT2D eigenvalue weighted by atomic mass is 35.5. The van der Waals surface area contributed by atoms with Crippen molar-refractivity contribution in [1.29, 1.82) is 0 Å². The molecule has 7 heteroatoms. The number of benzene rings is 1. The van der Waals surface area contributed by atoms with Gasteiger partial charge in [-0.1, -0.05) is 17.7 Å². The smallest absolute Gasteiger partial charge is 0.255 e. The fourth-order valence-electron chi connectivity index (χ4n) is 1.88. The summed E-state index contributed by atoms with van der Waals surface area (Å²) in [6.07, 6.45) is -2.15. The number of carbonyl (C=O) groups is 1. The average molecular weight is 322 g/mol. The molecule has 118 valence electrons. The lowest BCUT2D eigenvalue weighted by molar-refractivity contribution is -0.133. The number of ether oxygens (including phenoxy) is 1. The van der Waals surface area contributed by atoms with E-state index in [2.05, 4.69) is 0 Å². The maximum atomic E-state index is 12.4. The first-order chi connectivity index (χ1) is 9.97. The topological polar surface area (TPSA) is 49.8 Å². The Morgan fingerprint density at radius 3 is 2.71 bits per heavy atom. The van der Waals surface area contributed by atoms with Gasteiger partial charge in [0.2, 0.25) is 5.91 Å². The molecule has 1 N–H and O–H groups in total. The van der Waals surface area contributed by atoms with Crippen LogP contribution in [0.3, 0.4) is 0 Å². The summed E-state index contributed by atoms with van der Waals surface area (Å²) >= 11 is 5.97. The Morgan fingerprint density at radius 2 is 2.19 bits per heavy atom. The third kappa shape index (κ3) is 5.85. The minimum atomic E-state index is -2.61. The van der Waals surface area contributed by atoms with Gasteiger partial charge in [0.15, 0.2) is 0 Å². The molecule has 0 unspecified atom stereocenters. The number of rotatable bonds is 8. The molecular formula is C14H18ClF2NO3. The molecule has 0 atom stereocenters. The number of halogens is 3. The number of carbonyl (C=O) groups excluding carboxylic acids is 1. The monoisotopic (exact) mass is 321 g/mol. The van der Waals surface area contributed by atoms with Crippen molar-refractivity contribution in [2.75, 3.05) is 26.8 Å². The molecule has 1 aromatic rings. The van der Waals surface area contributed by atoms with Gasteiger partial charge in [-0.3, -0.25) is 4.79 Å². The summed E-state index contributed by atoms with van der Waals surface area (Å²) in [6, 6.07) is 5.13. The van der Waals surface area contributed by atoms with E-state index in [1.165, 1.54) is 7.11 Å². The summed E-state index contributed by atoms with van der Waals surface area (Å²) < 4.78 is 29.7. The van der Waals surface area contributed by atoms with Crippen molar-refractivity contribution in [2.45, 2.75) is 19.3 Å². The number of aliphatic hydroxyl groups excluding tert-OH is 1. The zero-order valence-electron chi connectivity index (χ0n) is 11.7. The highest BCUT2D eigenvalue weighted by Gasteiger charge is 2.17. The van der Waals surface area contributed by atoms with Crippen LogP contribution in [0.1, 0.15) is 12.0 Å². The summed E-state index contributed by atoms with van der Waals surface area (Å²) in [5.41, 5.74) is 0.815. The number of nitrogens with zero attached hydrogens (tertiary/aromatic N) is 1. The molecule has 0 aromatic heterocycles. The number of alkyl halides is 2. The molecule has 1 amide bonds. The number of aryl methyl sites for hydroxylation is 1. The Kier molecular flexibility index (Phi) is 7.39. The Bertz CT molecular complexity index is 472. The predicted molar refractivity (Wildman–Crippen MR) is 76.0 cm³/mol. The fourth-order valence-corrected chi connectivity index (χ4v) is 2.16. The largest absolute Gasteiger partial charge is 0.495 e. The summed E-state index contributed by atoms with van der Waals surface area (Å²) in [5, 5.41) is 9.24. The Hall–Kier alpha value is -1.40. The second-order valence-corrected chi connectivity index (χ2v) is 4.83. The molecule has 0 aliphatic rings. The number of aliphatic hydroxyl groups is 1. The van der Waals surface area contributed by atoms with Crippen molar-refractivity contribution in [3.8, 4) is 5.75 Å². The van der Waals surface area contributed by atoms with Crippen LogP contribution in [0.4, 0.5) is 8.78 Å². The molecule has 0 aliphatic heterocycles. The Balaban J connectivity index is 2.59. The zero-order chi connectivity index (χ0) is 15.8. The summed E-state index contributed by atoms with van der Waals surface area (Å²) in [5.74, 6) is 0.114. The van der Waals surface area contributed by atoms with Gasteiger partial charge >= 0.3 is 0 Å². The van der Waals surface area contributed by atoms with Crippen LogP contribution in [0, 0.1) is 0 Å². The maximum absolute atomic E-state index is 12.4. The first-order valence-electron chi connectivity index (χ1n) is 6.47. The molecule has 0 heterocycles. The minimum Gasteiger partial charge on any atom is -0.495 e.